The number of rotatable bonds is 8. The number of carbonyl (C=O) groups is 2. The van der Waals surface area contributed by atoms with Crippen LogP contribution in [0.15, 0.2) is 48.5 Å². The van der Waals surface area contributed by atoms with Crippen molar-refractivity contribution in [3.8, 4) is 0 Å². The molecular formula is C25H34N2O2S. The van der Waals surface area contributed by atoms with Crippen LogP contribution >= 0.6 is 11.8 Å². The molecule has 0 heterocycles. The zero-order valence-electron chi connectivity index (χ0n) is 19.0. The fourth-order valence-corrected chi connectivity index (χ4v) is 4.12. The molecule has 0 saturated heterocycles. The van der Waals surface area contributed by atoms with E-state index < -0.39 is 6.04 Å². The van der Waals surface area contributed by atoms with Gasteiger partial charge >= 0.3 is 0 Å². The van der Waals surface area contributed by atoms with Gasteiger partial charge in [-0.1, -0.05) is 48.5 Å². The van der Waals surface area contributed by atoms with Gasteiger partial charge in [0, 0.05) is 17.8 Å². The summed E-state index contributed by atoms with van der Waals surface area (Å²) in [6, 6.07) is 15.7. The van der Waals surface area contributed by atoms with Crippen LogP contribution in [0.5, 0.6) is 0 Å². The number of thioether (sulfide) groups is 1. The molecule has 1 atom stereocenters. The molecule has 2 aromatic rings. The number of nitrogens with zero attached hydrogens (tertiary/aromatic N) is 1. The van der Waals surface area contributed by atoms with Crippen molar-refractivity contribution in [3.05, 3.63) is 70.8 Å². The molecule has 4 nitrogen and oxygen atoms in total. The topological polar surface area (TPSA) is 49.4 Å². The molecule has 0 aliphatic carbocycles. The van der Waals surface area contributed by atoms with Crippen molar-refractivity contribution in [1.29, 1.82) is 0 Å². The van der Waals surface area contributed by atoms with Gasteiger partial charge in [0.25, 0.3) is 0 Å². The molecule has 30 heavy (non-hydrogen) atoms. The Balaban J connectivity index is 2.13. The minimum Gasteiger partial charge on any atom is -0.350 e. The second kappa shape index (κ2) is 10.7. The van der Waals surface area contributed by atoms with E-state index in [1.54, 1.807) is 16.7 Å². The maximum atomic E-state index is 13.2. The summed E-state index contributed by atoms with van der Waals surface area (Å²) in [7, 11) is 0. The monoisotopic (exact) mass is 426 g/mol. The van der Waals surface area contributed by atoms with E-state index in [1.165, 1.54) is 11.1 Å². The zero-order valence-corrected chi connectivity index (χ0v) is 19.8. The maximum Gasteiger partial charge on any atom is 0.242 e. The Bertz CT molecular complexity index is 873. The van der Waals surface area contributed by atoms with E-state index in [1.807, 2.05) is 71.0 Å². The van der Waals surface area contributed by atoms with Gasteiger partial charge in [0.15, 0.2) is 0 Å². The van der Waals surface area contributed by atoms with Crippen molar-refractivity contribution in [2.24, 2.45) is 0 Å². The predicted molar refractivity (Wildman–Crippen MR) is 126 cm³/mol. The maximum absolute atomic E-state index is 13.2. The van der Waals surface area contributed by atoms with Gasteiger partial charge in [0.05, 0.1) is 5.75 Å². The van der Waals surface area contributed by atoms with Crippen LogP contribution in [0.2, 0.25) is 0 Å². The first-order chi connectivity index (χ1) is 14.1. The molecule has 0 radical (unpaired) electrons. The molecule has 2 aromatic carbocycles. The highest BCUT2D eigenvalue weighted by Gasteiger charge is 2.28. The van der Waals surface area contributed by atoms with Gasteiger partial charge in [-0.3, -0.25) is 9.59 Å². The Hall–Kier alpha value is -2.27. The molecule has 2 amide bonds. The normalized spacial score (nSPS) is 12.3. The van der Waals surface area contributed by atoms with Gasteiger partial charge in [-0.2, -0.15) is 0 Å². The minimum atomic E-state index is -0.546. The van der Waals surface area contributed by atoms with Crippen LogP contribution in [-0.2, 0) is 21.9 Å². The lowest BCUT2D eigenvalue weighted by atomic mass is 10.1. The third kappa shape index (κ3) is 7.21. The summed E-state index contributed by atoms with van der Waals surface area (Å²) in [4.78, 5) is 27.7. The molecule has 1 N–H and O–H groups in total. The number of hydrogen-bond acceptors (Lipinski definition) is 3. The Morgan fingerprint density at radius 3 is 2.03 bits per heavy atom. The first kappa shape index (κ1) is 24.0. The van der Waals surface area contributed by atoms with Crippen molar-refractivity contribution in [2.75, 3.05) is 5.75 Å². The lowest BCUT2D eigenvalue weighted by Crippen LogP contribution is -2.52. The van der Waals surface area contributed by atoms with Crippen LogP contribution in [-0.4, -0.2) is 34.0 Å². The van der Waals surface area contributed by atoms with Crippen molar-refractivity contribution < 1.29 is 9.59 Å². The SMILES string of the molecule is Cc1ccccc1CSCC(=O)N(Cc1ccccc1C)[C@@H](C)C(=O)NC(C)(C)C. The Morgan fingerprint density at radius 1 is 0.967 bits per heavy atom. The number of aryl methyl sites for hydroxylation is 2. The quantitative estimate of drug-likeness (QED) is 0.655. The first-order valence-electron chi connectivity index (χ1n) is 10.4. The summed E-state index contributed by atoms with van der Waals surface area (Å²) in [6.07, 6.45) is 0. The molecule has 0 spiro atoms. The van der Waals surface area contributed by atoms with Crippen molar-refractivity contribution in [1.82, 2.24) is 10.2 Å². The summed E-state index contributed by atoms with van der Waals surface area (Å²) in [5.74, 6) is 0.966. The lowest BCUT2D eigenvalue weighted by Gasteiger charge is -2.31. The predicted octanol–water partition coefficient (Wildman–Crippen LogP) is 4.87. The summed E-state index contributed by atoms with van der Waals surface area (Å²) in [5, 5.41) is 3.00. The standard InChI is InChI=1S/C25H34N2O2S/c1-18-11-7-9-13-21(18)15-27(20(3)24(29)26-25(4,5)6)23(28)17-30-16-22-14-10-8-12-19(22)2/h7-14,20H,15-17H2,1-6H3,(H,26,29)/t20-/m0/s1. The van der Waals surface area contributed by atoms with Crippen LogP contribution in [0.1, 0.15) is 49.9 Å². The van der Waals surface area contributed by atoms with Crippen molar-refractivity contribution >= 4 is 23.6 Å². The Kier molecular flexibility index (Phi) is 8.54. The molecular weight excluding hydrogens is 392 g/mol. The second-order valence-electron chi connectivity index (χ2n) is 8.78. The number of amides is 2. The molecule has 0 aliphatic rings. The van der Waals surface area contributed by atoms with Crippen LogP contribution in [0.25, 0.3) is 0 Å². The first-order valence-corrected chi connectivity index (χ1v) is 11.5. The summed E-state index contributed by atoms with van der Waals surface area (Å²) >= 11 is 1.59. The highest BCUT2D eigenvalue weighted by molar-refractivity contribution is 7.99. The molecule has 0 aliphatic heterocycles. The molecule has 0 unspecified atom stereocenters. The Morgan fingerprint density at radius 2 is 1.50 bits per heavy atom. The van der Waals surface area contributed by atoms with E-state index in [0.717, 1.165) is 16.9 Å². The number of benzene rings is 2. The third-order valence-electron chi connectivity index (χ3n) is 5.01. The summed E-state index contributed by atoms with van der Waals surface area (Å²) < 4.78 is 0. The molecule has 2 rings (SSSR count). The summed E-state index contributed by atoms with van der Waals surface area (Å²) in [5.41, 5.74) is 4.30. The highest BCUT2D eigenvalue weighted by Crippen LogP contribution is 2.19. The van der Waals surface area contributed by atoms with Gasteiger partial charge < -0.3 is 10.2 Å². The molecule has 0 bridgehead atoms. The van der Waals surface area contributed by atoms with Crippen LogP contribution in [0.4, 0.5) is 0 Å². The average molecular weight is 427 g/mol. The van der Waals surface area contributed by atoms with Gasteiger partial charge in [0.1, 0.15) is 6.04 Å². The Labute approximate surface area is 185 Å². The van der Waals surface area contributed by atoms with E-state index in [4.69, 9.17) is 0 Å². The number of nitrogens with one attached hydrogen (secondary N) is 1. The van der Waals surface area contributed by atoms with E-state index in [2.05, 4.69) is 24.4 Å². The van der Waals surface area contributed by atoms with Crippen LogP contribution < -0.4 is 5.32 Å². The van der Waals surface area contributed by atoms with E-state index in [9.17, 15) is 9.59 Å². The largest absolute Gasteiger partial charge is 0.350 e. The zero-order chi connectivity index (χ0) is 22.3. The van der Waals surface area contributed by atoms with E-state index >= 15 is 0 Å². The molecule has 162 valence electrons. The van der Waals surface area contributed by atoms with Crippen LogP contribution in [0, 0.1) is 13.8 Å². The molecule has 5 heteroatoms. The lowest BCUT2D eigenvalue weighted by molar-refractivity contribution is -0.139. The summed E-state index contributed by atoms with van der Waals surface area (Å²) in [6.45, 7) is 12.2. The van der Waals surface area contributed by atoms with Crippen molar-refractivity contribution in [2.45, 2.75) is 65.4 Å². The van der Waals surface area contributed by atoms with E-state index in [-0.39, 0.29) is 17.4 Å². The average Bonchev–Trinajstić information content (AvgIpc) is 2.67. The molecule has 0 aromatic heterocycles. The highest BCUT2D eigenvalue weighted by atomic mass is 32.2. The second-order valence-corrected chi connectivity index (χ2v) is 9.77. The van der Waals surface area contributed by atoms with Gasteiger partial charge in [-0.25, -0.2) is 0 Å². The van der Waals surface area contributed by atoms with Gasteiger partial charge in [-0.05, 0) is 63.8 Å². The molecule has 0 fully saturated rings. The fourth-order valence-electron chi connectivity index (χ4n) is 3.13. The van der Waals surface area contributed by atoms with Crippen LogP contribution in [0.3, 0.4) is 0 Å². The fraction of sp³-hybridized carbons (Fsp3) is 0.440. The number of hydrogen-bond donors (Lipinski definition) is 1. The number of carbonyl (C=O) groups excluding carboxylic acids is 2. The van der Waals surface area contributed by atoms with Gasteiger partial charge in [0.2, 0.25) is 11.8 Å². The minimum absolute atomic E-state index is 0.0200. The third-order valence-corrected chi connectivity index (χ3v) is 5.98. The van der Waals surface area contributed by atoms with E-state index in [0.29, 0.717) is 12.3 Å². The van der Waals surface area contributed by atoms with Crippen molar-refractivity contribution in [3.63, 3.8) is 0 Å². The molecule has 0 saturated carbocycles. The van der Waals surface area contributed by atoms with Gasteiger partial charge in [-0.15, -0.1) is 11.8 Å². The smallest absolute Gasteiger partial charge is 0.242 e.